The number of ether oxygens (including phenoxy) is 1. The summed E-state index contributed by atoms with van der Waals surface area (Å²) in [6.07, 6.45) is 1.53. The topological polar surface area (TPSA) is 26.3 Å². The summed E-state index contributed by atoms with van der Waals surface area (Å²) in [5.74, 6) is -0.0631. The van der Waals surface area contributed by atoms with Crippen LogP contribution in [-0.2, 0) is 9.53 Å². The number of hydrogen-bond donors (Lipinski definition) is 0. The van der Waals surface area contributed by atoms with Crippen molar-refractivity contribution in [2.45, 2.75) is 41.5 Å². The van der Waals surface area contributed by atoms with Crippen LogP contribution in [0.3, 0.4) is 0 Å². The van der Waals surface area contributed by atoms with E-state index in [-0.39, 0.29) is 22.7 Å². The van der Waals surface area contributed by atoms with E-state index in [0.29, 0.717) is 0 Å². The second-order valence-electron chi connectivity index (χ2n) is 5.51. The average Bonchev–Trinajstić information content (AvgIpc) is 2.39. The molecule has 80 valence electrons. The highest BCUT2D eigenvalue weighted by atomic mass is 16.5. The third-order valence-electron chi connectivity index (χ3n) is 3.67. The SMILES string of the molecule is CC(C)=COC(=O)C1C(C)(C)C1(C)C. The minimum Gasteiger partial charge on any atom is -0.434 e. The molecular formula is C12H20O2. The Kier molecular flexibility index (Phi) is 2.51. The number of rotatable bonds is 2. The normalized spacial score (nSPS) is 22.7. The smallest absolute Gasteiger partial charge is 0.314 e. The fourth-order valence-corrected chi connectivity index (χ4v) is 2.03. The molecule has 1 rings (SSSR count). The number of esters is 1. The van der Waals surface area contributed by atoms with Gasteiger partial charge in [-0.3, -0.25) is 4.79 Å². The minimum atomic E-state index is -0.0961. The van der Waals surface area contributed by atoms with Crippen molar-refractivity contribution in [1.82, 2.24) is 0 Å². The summed E-state index contributed by atoms with van der Waals surface area (Å²) >= 11 is 0. The van der Waals surface area contributed by atoms with Crippen LogP contribution < -0.4 is 0 Å². The molecule has 1 aliphatic rings. The molecule has 0 aromatic carbocycles. The van der Waals surface area contributed by atoms with E-state index in [1.165, 1.54) is 6.26 Å². The molecule has 0 saturated heterocycles. The van der Waals surface area contributed by atoms with Crippen molar-refractivity contribution < 1.29 is 9.53 Å². The molecule has 0 N–H and O–H groups in total. The van der Waals surface area contributed by atoms with Crippen molar-refractivity contribution in [3.8, 4) is 0 Å². The lowest BCUT2D eigenvalue weighted by Crippen LogP contribution is -2.08. The first-order valence-corrected chi connectivity index (χ1v) is 5.05. The van der Waals surface area contributed by atoms with Gasteiger partial charge in [0.15, 0.2) is 0 Å². The van der Waals surface area contributed by atoms with E-state index < -0.39 is 0 Å². The summed E-state index contributed by atoms with van der Waals surface area (Å²) < 4.78 is 5.10. The van der Waals surface area contributed by atoms with Gasteiger partial charge in [-0.05, 0) is 30.3 Å². The van der Waals surface area contributed by atoms with Gasteiger partial charge in [-0.2, -0.15) is 0 Å². The van der Waals surface area contributed by atoms with Crippen LogP contribution in [0.5, 0.6) is 0 Å². The Morgan fingerprint density at radius 2 is 1.57 bits per heavy atom. The molecule has 0 aliphatic heterocycles. The third kappa shape index (κ3) is 1.58. The van der Waals surface area contributed by atoms with Crippen molar-refractivity contribution in [3.63, 3.8) is 0 Å². The van der Waals surface area contributed by atoms with Gasteiger partial charge in [-0.15, -0.1) is 0 Å². The molecular weight excluding hydrogens is 176 g/mol. The van der Waals surface area contributed by atoms with Gasteiger partial charge < -0.3 is 4.74 Å². The van der Waals surface area contributed by atoms with Crippen molar-refractivity contribution >= 4 is 5.97 Å². The van der Waals surface area contributed by atoms with Gasteiger partial charge in [0, 0.05) is 0 Å². The monoisotopic (exact) mass is 196 g/mol. The molecule has 2 heteroatoms. The van der Waals surface area contributed by atoms with Crippen molar-refractivity contribution in [3.05, 3.63) is 11.8 Å². The van der Waals surface area contributed by atoms with Gasteiger partial charge in [-0.25, -0.2) is 0 Å². The summed E-state index contributed by atoms with van der Waals surface area (Å²) in [6.45, 7) is 12.3. The lowest BCUT2D eigenvalue weighted by atomic mass is 10.0. The molecule has 1 aliphatic carbocycles. The summed E-state index contributed by atoms with van der Waals surface area (Å²) in [5, 5.41) is 0. The molecule has 1 fully saturated rings. The minimum absolute atomic E-state index is 0.0330. The van der Waals surface area contributed by atoms with Gasteiger partial charge in [0.2, 0.25) is 0 Å². The maximum Gasteiger partial charge on any atom is 0.314 e. The van der Waals surface area contributed by atoms with Gasteiger partial charge in [0.1, 0.15) is 0 Å². The number of carbonyl (C=O) groups is 1. The van der Waals surface area contributed by atoms with E-state index in [9.17, 15) is 4.79 Å². The maximum absolute atomic E-state index is 11.7. The molecule has 0 bridgehead atoms. The van der Waals surface area contributed by atoms with Crippen LogP contribution in [0.1, 0.15) is 41.5 Å². The van der Waals surface area contributed by atoms with Crippen LogP contribution >= 0.6 is 0 Å². The van der Waals surface area contributed by atoms with Gasteiger partial charge in [-0.1, -0.05) is 27.7 Å². The molecule has 0 heterocycles. The Hall–Kier alpha value is -0.790. The van der Waals surface area contributed by atoms with E-state index >= 15 is 0 Å². The zero-order valence-electron chi connectivity index (χ0n) is 9.97. The molecule has 1 saturated carbocycles. The molecule has 0 atom stereocenters. The highest BCUT2D eigenvalue weighted by Crippen LogP contribution is 2.68. The van der Waals surface area contributed by atoms with Crippen molar-refractivity contribution in [2.75, 3.05) is 0 Å². The van der Waals surface area contributed by atoms with E-state index in [1.807, 2.05) is 13.8 Å². The van der Waals surface area contributed by atoms with Crippen molar-refractivity contribution in [2.24, 2.45) is 16.7 Å². The predicted molar refractivity (Wildman–Crippen MR) is 56.6 cm³/mol. The van der Waals surface area contributed by atoms with E-state index in [2.05, 4.69) is 27.7 Å². The Balaban J connectivity index is 2.63. The summed E-state index contributed by atoms with van der Waals surface area (Å²) in [7, 11) is 0. The summed E-state index contributed by atoms with van der Waals surface area (Å²) in [6, 6.07) is 0. The van der Waals surface area contributed by atoms with Gasteiger partial charge in [0.05, 0.1) is 12.2 Å². The second-order valence-corrected chi connectivity index (χ2v) is 5.51. The largest absolute Gasteiger partial charge is 0.434 e. The van der Waals surface area contributed by atoms with Crippen LogP contribution in [-0.4, -0.2) is 5.97 Å². The quantitative estimate of drug-likeness (QED) is 0.501. The number of allylic oxidation sites excluding steroid dienone is 1. The summed E-state index contributed by atoms with van der Waals surface area (Å²) in [5.41, 5.74) is 1.15. The zero-order chi connectivity index (χ0) is 11.1. The maximum atomic E-state index is 11.7. The molecule has 0 aromatic rings. The second kappa shape index (κ2) is 3.11. The molecule has 2 nitrogen and oxygen atoms in total. The summed E-state index contributed by atoms with van der Waals surface area (Å²) in [4.78, 5) is 11.7. The first-order chi connectivity index (χ1) is 6.21. The Morgan fingerprint density at radius 3 is 1.86 bits per heavy atom. The Morgan fingerprint density at radius 1 is 1.14 bits per heavy atom. The van der Waals surface area contributed by atoms with Crippen LogP contribution in [0.2, 0.25) is 0 Å². The van der Waals surface area contributed by atoms with Crippen molar-refractivity contribution in [1.29, 1.82) is 0 Å². The van der Waals surface area contributed by atoms with Gasteiger partial charge in [0.25, 0.3) is 0 Å². The van der Waals surface area contributed by atoms with Crippen LogP contribution in [0.25, 0.3) is 0 Å². The first-order valence-electron chi connectivity index (χ1n) is 5.05. The van der Waals surface area contributed by atoms with Crippen LogP contribution in [0, 0.1) is 16.7 Å². The molecule has 0 unspecified atom stereocenters. The first kappa shape index (κ1) is 11.3. The van der Waals surface area contributed by atoms with Gasteiger partial charge >= 0.3 is 5.97 Å². The third-order valence-corrected chi connectivity index (χ3v) is 3.67. The highest BCUT2D eigenvalue weighted by molar-refractivity contribution is 5.79. The number of carbonyl (C=O) groups excluding carboxylic acids is 1. The average molecular weight is 196 g/mol. The van der Waals surface area contributed by atoms with Crippen LogP contribution in [0.15, 0.2) is 11.8 Å². The lowest BCUT2D eigenvalue weighted by Gasteiger charge is -2.03. The fraction of sp³-hybridized carbons (Fsp3) is 0.750. The Labute approximate surface area is 86.3 Å². The number of hydrogen-bond acceptors (Lipinski definition) is 2. The lowest BCUT2D eigenvalue weighted by molar-refractivity contribution is -0.140. The predicted octanol–water partition coefficient (Wildman–Crippen LogP) is 3.14. The zero-order valence-corrected chi connectivity index (χ0v) is 9.97. The molecule has 0 radical (unpaired) electrons. The molecule has 0 amide bonds. The fourth-order valence-electron chi connectivity index (χ4n) is 2.03. The van der Waals surface area contributed by atoms with E-state index in [4.69, 9.17) is 4.74 Å². The molecule has 0 aromatic heterocycles. The van der Waals surface area contributed by atoms with E-state index in [0.717, 1.165) is 5.57 Å². The van der Waals surface area contributed by atoms with Crippen LogP contribution in [0.4, 0.5) is 0 Å². The molecule has 14 heavy (non-hydrogen) atoms. The standard InChI is InChI=1S/C12H20O2/c1-8(2)7-14-10(13)9-11(3,4)12(9,5)6/h7,9H,1-6H3. The highest BCUT2D eigenvalue weighted by Gasteiger charge is 2.69. The Bertz CT molecular complexity index is 267. The molecule has 0 spiro atoms. The van der Waals surface area contributed by atoms with E-state index in [1.54, 1.807) is 0 Å².